The lowest BCUT2D eigenvalue weighted by Gasteiger charge is -2.35. The fourth-order valence-electron chi connectivity index (χ4n) is 4.85. The first-order valence-corrected chi connectivity index (χ1v) is 10.9. The van der Waals surface area contributed by atoms with Crippen LogP contribution in [0.3, 0.4) is 0 Å². The highest BCUT2D eigenvalue weighted by atomic mass is 16.5. The number of pyridine rings is 1. The van der Waals surface area contributed by atoms with Gasteiger partial charge in [-0.3, -0.25) is 19.5 Å². The van der Waals surface area contributed by atoms with E-state index in [4.69, 9.17) is 4.52 Å². The molecule has 3 aromatic rings. The number of carbonyl (C=O) groups is 2. The molecule has 0 radical (unpaired) electrons. The first kappa shape index (κ1) is 20.2. The second kappa shape index (κ2) is 8.42. The van der Waals surface area contributed by atoms with Crippen molar-refractivity contribution in [3.63, 3.8) is 0 Å². The molecule has 5 rings (SSSR count). The number of rotatable bonds is 5. The largest absolute Gasteiger partial charge is 0.503 e. The molecule has 7 heteroatoms. The fourth-order valence-corrected chi connectivity index (χ4v) is 4.85. The highest BCUT2D eigenvalue weighted by molar-refractivity contribution is 6.20. The highest BCUT2D eigenvalue weighted by Gasteiger charge is 2.47. The molecule has 1 aromatic carbocycles. The molecule has 3 heterocycles. The van der Waals surface area contributed by atoms with Crippen LogP contribution in [0.15, 0.2) is 77.0 Å². The van der Waals surface area contributed by atoms with Gasteiger partial charge >= 0.3 is 0 Å². The van der Waals surface area contributed by atoms with Gasteiger partial charge in [0.1, 0.15) is 12.0 Å². The number of hydrogen-bond donors (Lipinski definition) is 1. The number of carbonyl (C=O) groups excluding carboxylic acids is 2. The van der Waals surface area contributed by atoms with Crippen LogP contribution in [-0.2, 0) is 4.79 Å². The van der Waals surface area contributed by atoms with Crippen molar-refractivity contribution in [1.29, 1.82) is 0 Å². The van der Waals surface area contributed by atoms with E-state index in [2.05, 4.69) is 10.1 Å². The summed E-state index contributed by atoms with van der Waals surface area (Å²) in [4.78, 5) is 32.2. The van der Waals surface area contributed by atoms with Crippen LogP contribution < -0.4 is 4.90 Å². The Labute approximate surface area is 185 Å². The van der Waals surface area contributed by atoms with Crippen molar-refractivity contribution < 1.29 is 19.2 Å². The number of nitrogens with zero attached hydrogens (tertiary/aromatic N) is 3. The van der Waals surface area contributed by atoms with Crippen molar-refractivity contribution >= 4 is 17.4 Å². The lowest BCUT2D eigenvalue weighted by molar-refractivity contribution is -0.117. The van der Waals surface area contributed by atoms with Gasteiger partial charge in [-0.2, -0.15) is 0 Å². The molecular weight excluding hydrogens is 406 g/mol. The number of hydrogen-bond acceptors (Lipinski definition) is 6. The summed E-state index contributed by atoms with van der Waals surface area (Å²) >= 11 is 0. The monoisotopic (exact) mass is 429 g/mol. The summed E-state index contributed by atoms with van der Waals surface area (Å²) in [5, 5.41) is 14.8. The molecule has 1 fully saturated rings. The van der Waals surface area contributed by atoms with E-state index in [-0.39, 0.29) is 17.3 Å². The second-order valence-electron chi connectivity index (χ2n) is 8.28. The summed E-state index contributed by atoms with van der Waals surface area (Å²) in [6, 6.07) is 12.0. The lowest BCUT2D eigenvalue weighted by atomic mass is 9.79. The maximum absolute atomic E-state index is 13.4. The zero-order chi connectivity index (χ0) is 22.1. The molecular formula is C25H23N3O4. The number of benzene rings is 1. The normalized spacial score (nSPS) is 19.6. The third-order valence-corrected chi connectivity index (χ3v) is 6.39. The summed E-state index contributed by atoms with van der Waals surface area (Å²) in [6.45, 7) is 0. The standard InChI is InChI=1S/C25H23N3O4/c29-23(18-7-4-13-26-15-18)21-22(17-5-2-1-3-6-17)28(25(31)24(21)30)19-10-8-16(9-11-19)20-12-14-32-27-20/h4,7-15,17,22,30H,1-3,5-6H2. The third-order valence-electron chi connectivity index (χ3n) is 6.39. The summed E-state index contributed by atoms with van der Waals surface area (Å²) in [6.07, 6.45) is 9.61. The van der Waals surface area contributed by atoms with Gasteiger partial charge in [0.05, 0.1) is 11.6 Å². The van der Waals surface area contributed by atoms with E-state index in [9.17, 15) is 14.7 Å². The first-order chi connectivity index (χ1) is 15.6. The van der Waals surface area contributed by atoms with E-state index >= 15 is 0 Å². The molecule has 1 amide bonds. The summed E-state index contributed by atoms with van der Waals surface area (Å²) in [5.74, 6) is -1.25. The number of aliphatic hydroxyl groups excluding tert-OH is 1. The van der Waals surface area contributed by atoms with Gasteiger partial charge in [0.15, 0.2) is 11.5 Å². The van der Waals surface area contributed by atoms with Gasteiger partial charge in [0.2, 0.25) is 0 Å². The summed E-state index contributed by atoms with van der Waals surface area (Å²) < 4.78 is 4.91. The van der Waals surface area contributed by atoms with Crippen molar-refractivity contribution in [1.82, 2.24) is 10.1 Å². The van der Waals surface area contributed by atoms with Crippen molar-refractivity contribution in [2.24, 2.45) is 5.92 Å². The molecule has 162 valence electrons. The Morgan fingerprint density at radius 2 is 1.84 bits per heavy atom. The van der Waals surface area contributed by atoms with Gasteiger partial charge in [0.25, 0.3) is 5.91 Å². The lowest BCUT2D eigenvalue weighted by Crippen LogP contribution is -2.42. The Kier molecular flexibility index (Phi) is 5.31. The number of ketones is 1. The van der Waals surface area contributed by atoms with Crippen molar-refractivity contribution in [3.05, 3.63) is 78.0 Å². The Balaban J connectivity index is 1.54. The molecule has 0 spiro atoms. The second-order valence-corrected chi connectivity index (χ2v) is 8.28. The molecule has 0 saturated heterocycles. The zero-order valence-corrected chi connectivity index (χ0v) is 17.5. The number of aliphatic hydroxyl groups is 1. The molecule has 1 aliphatic heterocycles. The van der Waals surface area contributed by atoms with Crippen LogP contribution in [0.4, 0.5) is 5.69 Å². The predicted octanol–water partition coefficient (Wildman–Crippen LogP) is 4.73. The molecule has 0 bridgehead atoms. The molecule has 7 nitrogen and oxygen atoms in total. The average Bonchev–Trinajstić information content (AvgIpc) is 3.47. The van der Waals surface area contributed by atoms with Crippen molar-refractivity contribution in [2.75, 3.05) is 4.90 Å². The van der Waals surface area contributed by atoms with Gasteiger partial charge in [-0.05, 0) is 43.0 Å². The Morgan fingerprint density at radius 3 is 2.50 bits per heavy atom. The molecule has 1 aliphatic carbocycles. The minimum atomic E-state index is -0.540. The van der Waals surface area contributed by atoms with Crippen LogP contribution in [0.1, 0.15) is 42.5 Å². The topological polar surface area (TPSA) is 96.5 Å². The fraction of sp³-hybridized carbons (Fsp3) is 0.280. The van der Waals surface area contributed by atoms with E-state index in [0.717, 1.165) is 37.7 Å². The van der Waals surface area contributed by atoms with Gasteiger partial charge in [-0.1, -0.05) is 36.6 Å². The Bertz CT molecular complexity index is 1150. The SMILES string of the molecule is O=C(C1=C(O)C(=O)N(c2ccc(-c3ccon3)cc2)C1C1CCCCC1)c1cccnc1. The first-order valence-electron chi connectivity index (χ1n) is 10.9. The number of Topliss-reactive ketones (excluding diaryl/α,β-unsaturated/α-hetero) is 1. The summed E-state index contributed by atoms with van der Waals surface area (Å²) in [5.41, 5.74) is 2.73. The molecule has 1 saturated carbocycles. The molecule has 2 aliphatic rings. The highest BCUT2D eigenvalue weighted by Crippen LogP contribution is 2.41. The van der Waals surface area contributed by atoms with Gasteiger partial charge in [-0.15, -0.1) is 0 Å². The Hall–Kier alpha value is -3.74. The predicted molar refractivity (Wildman–Crippen MR) is 118 cm³/mol. The minimum absolute atomic E-state index is 0.100. The van der Waals surface area contributed by atoms with E-state index < -0.39 is 17.7 Å². The summed E-state index contributed by atoms with van der Waals surface area (Å²) in [7, 11) is 0. The average molecular weight is 429 g/mol. The molecule has 32 heavy (non-hydrogen) atoms. The van der Waals surface area contributed by atoms with Crippen molar-refractivity contribution in [3.8, 4) is 11.3 Å². The van der Waals surface area contributed by atoms with Crippen LogP contribution in [0.2, 0.25) is 0 Å². The van der Waals surface area contributed by atoms with Crippen molar-refractivity contribution in [2.45, 2.75) is 38.1 Å². The maximum Gasteiger partial charge on any atom is 0.294 e. The number of aromatic nitrogens is 2. The third kappa shape index (κ3) is 3.49. The molecule has 1 N–H and O–H groups in total. The van der Waals surface area contributed by atoms with Gasteiger partial charge in [0, 0.05) is 35.3 Å². The number of anilines is 1. The molecule has 2 aromatic heterocycles. The van der Waals surface area contributed by atoms with Gasteiger partial charge in [-0.25, -0.2) is 0 Å². The molecule has 1 unspecified atom stereocenters. The van der Waals surface area contributed by atoms with E-state index in [1.807, 2.05) is 24.3 Å². The minimum Gasteiger partial charge on any atom is -0.503 e. The van der Waals surface area contributed by atoms with E-state index in [0.29, 0.717) is 16.9 Å². The quantitative estimate of drug-likeness (QED) is 0.589. The zero-order valence-electron chi connectivity index (χ0n) is 17.5. The van der Waals surface area contributed by atoms with Gasteiger partial charge < -0.3 is 9.63 Å². The smallest absolute Gasteiger partial charge is 0.294 e. The van der Waals surface area contributed by atoms with E-state index in [1.54, 1.807) is 29.3 Å². The van der Waals surface area contributed by atoms with Crippen LogP contribution in [0, 0.1) is 5.92 Å². The molecule has 1 atom stereocenters. The number of amides is 1. The maximum atomic E-state index is 13.4. The van der Waals surface area contributed by atoms with Crippen LogP contribution in [0.25, 0.3) is 11.3 Å². The Morgan fingerprint density at radius 1 is 1.06 bits per heavy atom. The van der Waals surface area contributed by atoms with E-state index in [1.165, 1.54) is 12.5 Å². The van der Waals surface area contributed by atoms with Crippen LogP contribution in [-0.4, -0.2) is 33.0 Å². The van der Waals surface area contributed by atoms with Crippen LogP contribution in [0.5, 0.6) is 0 Å². The van der Waals surface area contributed by atoms with Crippen LogP contribution >= 0.6 is 0 Å².